The normalized spacial score (nSPS) is 12.7. The zero-order valence-corrected chi connectivity index (χ0v) is 13.0. The van der Waals surface area contributed by atoms with Gasteiger partial charge in [-0.2, -0.15) is 5.10 Å². The highest BCUT2D eigenvalue weighted by Crippen LogP contribution is 2.16. The van der Waals surface area contributed by atoms with E-state index in [0.717, 1.165) is 29.9 Å². The molecule has 0 unspecified atom stereocenters. The van der Waals surface area contributed by atoms with Crippen LogP contribution in [0.25, 0.3) is 10.9 Å². The quantitative estimate of drug-likeness (QED) is 0.741. The molecule has 6 nitrogen and oxygen atoms in total. The van der Waals surface area contributed by atoms with Gasteiger partial charge in [0.15, 0.2) is 0 Å². The van der Waals surface area contributed by atoms with Crippen molar-refractivity contribution in [2.45, 2.75) is 39.8 Å². The van der Waals surface area contributed by atoms with Gasteiger partial charge in [0.05, 0.1) is 23.3 Å². The van der Waals surface area contributed by atoms with Crippen LogP contribution in [0.1, 0.15) is 37.7 Å². The van der Waals surface area contributed by atoms with Crippen LogP contribution >= 0.6 is 0 Å². The molecule has 0 saturated carbocycles. The van der Waals surface area contributed by atoms with Crippen LogP contribution in [0.3, 0.4) is 0 Å². The molecule has 2 heterocycles. The first-order valence-corrected chi connectivity index (χ1v) is 7.47. The summed E-state index contributed by atoms with van der Waals surface area (Å²) < 4.78 is 3.47. The maximum atomic E-state index is 12.8. The van der Waals surface area contributed by atoms with E-state index in [-0.39, 0.29) is 11.6 Å². The molecular weight excluding hydrogens is 278 g/mol. The molecule has 0 fully saturated rings. The smallest absolute Gasteiger partial charge is 0.261 e. The first-order valence-electron chi connectivity index (χ1n) is 7.47. The summed E-state index contributed by atoms with van der Waals surface area (Å²) in [5.74, 6) is 0.776. The molecule has 0 aliphatic carbocycles. The summed E-state index contributed by atoms with van der Waals surface area (Å²) >= 11 is 0. The third-order valence-electron chi connectivity index (χ3n) is 3.89. The van der Waals surface area contributed by atoms with E-state index in [4.69, 9.17) is 0 Å². The Labute approximate surface area is 128 Å². The van der Waals surface area contributed by atoms with Crippen molar-refractivity contribution in [3.8, 4) is 0 Å². The summed E-state index contributed by atoms with van der Waals surface area (Å²) in [4.78, 5) is 21.5. The highest BCUT2D eigenvalue weighted by molar-refractivity contribution is 5.80. The minimum Gasteiger partial charge on any atom is -0.288 e. The second kappa shape index (κ2) is 5.71. The lowest BCUT2D eigenvalue weighted by atomic mass is 10.1. The van der Waals surface area contributed by atoms with Gasteiger partial charge in [-0.15, -0.1) is 0 Å². The molecule has 0 spiro atoms. The molecule has 0 radical (unpaired) electrons. The van der Waals surface area contributed by atoms with Crippen LogP contribution < -0.4 is 5.56 Å². The molecule has 0 amide bonds. The third-order valence-corrected chi connectivity index (χ3v) is 3.89. The topological polar surface area (TPSA) is 65.6 Å². The molecule has 3 rings (SSSR count). The molecule has 0 aliphatic heterocycles. The Balaban J connectivity index is 2.12. The van der Waals surface area contributed by atoms with Crippen LogP contribution in [0.15, 0.2) is 35.6 Å². The van der Waals surface area contributed by atoms with Crippen LogP contribution in [0.4, 0.5) is 0 Å². The monoisotopic (exact) mass is 297 g/mol. The van der Waals surface area contributed by atoms with Crippen LogP contribution in [0, 0.1) is 6.92 Å². The Kier molecular flexibility index (Phi) is 3.75. The van der Waals surface area contributed by atoms with Gasteiger partial charge in [0.1, 0.15) is 12.2 Å². The summed E-state index contributed by atoms with van der Waals surface area (Å²) in [5.41, 5.74) is 1.71. The fraction of sp³-hybridized carbons (Fsp3) is 0.375. The van der Waals surface area contributed by atoms with Crippen molar-refractivity contribution < 1.29 is 0 Å². The molecule has 1 atom stereocenters. The van der Waals surface area contributed by atoms with Crippen molar-refractivity contribution in [3.05, 3.63) is 52.6 Å². The van der Waals surface area contributed by atoms with Gasteiger partial charge in [-0.25, -0.2) is 14.6 Å². The molecule has 0 N–H and O–H groups in total. The van der Waals surface area contributed by atoms with E-state index in [0.29, 0.717) is 5.39 Å². The molecule has 0 aliphatic rings. The van der Waals surface area contributed by atoms with E-state index in [1.807, 2.05) is 36.7 Å². The van der Waals surface area contributed by atoms with E-state index < -0.39 is 0 Å². The highest BCUT2D eigenvalue weighted by Gasteiger charge is 2.17. The SMILES string of the molecule is CCCn1ncnc1[C@H](C)n1cnc2c(C)cccc2c1=O. The predicted molar refractivity (Wildman–Crippen MR) is 84.9 cm³/mol. The van der Waals surface area contributed by atoms with Gasteiger partial charge >= 0.3 is 0 Å². The average molecular weight is 297 g/mol. The van der Waals surface area contributed by atoms with Gasteiger partial charge in [-0.05, 0) is 31.9 Å². The van der Waals surface area contributed by atoms with Crippen molar-refractivity contribution >= 4 is 10.9 Å². The van der Waals surface area contributed by atoms with Gasteiger partial charge < -0.3 is 0 Å². The molecule has 1 aromatic carbocycles. The summed E-state index contributed by atoms with van der Waals surface area (Å²) in [6.45, 7) is 6.78. The van der Waals surface area contributed by atoms with Crippen molar-refractivity contribution in [2.75, 3.05) is 0 Å². The molecule has 22 heavy (non-hydrogen) atoms. The summed E-state index contributed by atoms with van der Waals surface area (Å²) in [7, 11) is 0. The summed E-state index contributed by atoms with van der Waals surface area (Å²) in [5, 5.41) is 4.86. The van der Waals surface area contributed by atoms with E-state index in [9.17, 15) is 4.79 Å². The van der Waals surface area contributed by atoms with Crippen molar-refractivity contribution in [1.82, 2.24) is 24.3 Å². The molecule has 3 aromatic rings. The Hall–Kier alpha value is -2.50. The standard InChI is InChI=1S/C16H19N5O/c1-4-8-21-15(17-9-19-21)12(3)20-10-18-14-11(2)6-5-7-13(14)16(20)22/h5-7,9-10,12H,4,8H2,1-3H3/t12-/m0/s1. The molecule has 0 bridgehead atoms. The average Bonchev–Trinajstić information content (AvgIpc) is 2.97. The number of rotatable bonds is 4. The first-order chi connectivity index (χ1) is 10.6. The fourth-order valence-electron chi connectivity index (χ4n) is 2.70. The van der Waals surface area contributed by atoms with Gasteiger partial charge in [0.25, 0.3) is 5.56 Å². The van der Waals surface area contributed by atoms with Crippen LogP contribution in [0.5, 0.6) is 0 Å². The second-order valence-corrected chi connectivity index (χ2v) is 5.45. The third kappa shape index (κ3) is 2.30. The highest BCUT2D eigenvalue weighted by atomic mass is 16.1. The molecular formula is C16H19N5O. The fourth-order valence-corrected chi connectivity index (χ4v) is 2.70. The van der Waals surface area contributed by atoms with Crippen molar-refractivity contribution in [3.63, 3.8) is 0 Å². The van der Waals surface area contributed by atoms with Crippen molar-refractivity contribution in [2.24, 2.45) is 0 Å². The molecule has 0 saturated heterocycles. The zero-order chi connectivity index (χ0) is 15.7. The number of aryl methyl sites for hydroxylation is 2. The van der Waals surface area contributed by atoms with E-state index >= 15 is 0 Å². The van der Waals surface area contributed by atoms with Gasteiger partial charge in [0.2, 0.25) is 0 Å². The number of nitrogens with zero attached hydrogens (tertiary/aromatic N) is 5. The number of benzene rings is 1. The Morgan fingerprint density at radius 1 is 1.27 bits per heavy atom. The minimum absolute atomic E-state index is 0.0488. The first kappa shape index (κ1) is 14.4. The number of hydrogen-bond donors (Lipinski definition) is 0. The number of fused-ring (bicyclic) bond motifs is 1. The predicted octanol–water partition coefficient (Wildman–Crippen LogP) is 2.32. The maximum absolute atomic E-state index is 12.8. The van der Waals surface area contributed by atoms with Crippen LogP contribution in [-0.4, -0.2) is 24.3 Å². The Bertz CT molecular complexity index is 864. The maximum Gasteiger partial charge on any atom is 0.261 e. The summed E-state index contributed by atoms with van der Waals surface area (Å²) in [6, 6.07) is 5.45. The van der Waals surface area contributed by atoms with E-state index in [1.54, 1.807) is 10.9 Å². The number of para-hydroxylation sites is 1. The molecule has 2 aromatic heterocycles. The van der Waals surface area contributed by atoms with Gasteiger partial charge in [-0.1, -0.05) is 19.1 Å². The summed E-state index contributed by atoms with van der Waals surface area (Å²) in [6.07, 6.45) is 4.10. The number of hydrogen-bond acceptors (Lipinski definition) is 4. The van der Waals surface area contributed by atoms with Crippen LogP contribution in [-0.2, 0) is 6.54 Å². The molecule has 6 heteroatoms. The van der Waals surface area contributed by atoms with Gasteiger partial charge in [0, 0.05) is 6.54 Å². The van der Waals surface area contributed by atoms with E-state index in [1.165, 1.54) is 6.33 Å². The van der Waals surface area contributed by atoms with Crippen molar-refractivity contribution in [1.29, 1.82) is 0 Å². The lowest BCUT2D eigenvalue weighted by Gasteiger charge is -2.15. The lowest BCUT2D eigenvalue weighted by molar-refractivity contribution is 0.497. The van der Waals surface area contributed by atoms with Gasteiger partial charge in [-0.3, -0.25) is 9.36 Å². The largest absolute Gasteiger partial charge is 0.288 e. The zero-order valence-electron chi connectivity index (χ0n) is 13.0. The second-order valence-electron chi connectivity index (χ2n) is 5.45. The van der Waals surface area contributed by atoms with Crippen LogP contribution in [0.2, 0.25) is 0 Å². The Morgan fingerprint density at radius 3 is 2.86 bits per heavy atom. The lowest BCUT2D eigenvalue weighted by Crippen LogP contribution is -2.26. The number of aromatic nitrogens is 5. The minimum atomic E-state index is -0.209. The van der Waals surface area contributed by atoms with E-state index in [2.05, 4.69) is 22.0 Å². The Morgan fingerprint density at radius 2 is 2.09 bits per heavy atom. The molecule has 114 valence electrons.